The zero-order valence-corrected chi connectivity index (χ0v) is 20.1. The van der Waals surface area contributed by atoms with Crippen molar-refractivity contribution in [2.45, 2.75) is 20.8 Å². The zero-order valence-electron chi connectivity index (χ0n) is 18.4. The van der Waals surface area contributed by atoms with E-state index in [1.54, 1.807) is 32.1 Å². The fourth-order valence-electron chi connectivity index (χ4n) is 3.59. The molecule has 0 aliphatic carbocycles. The van der Waals surface area contributed by atoms with Gasteiger partial charge in [0.25, 0.3) is 5.91 Å². The molecule has 3 heterocycles. The third-order valence-corrected chi connectivity index (χ3v) is 7.03. The molecular weight excluding hydrogens is 446 g/mol. The van der Waals surface area contributed by atoms with E-state index in [0.717, 1.165) is 32.8 Å². The zero-order chi connectivity index (χ0) is 23.0. The minimum Gasteiger partial charge on any atom is -0.497 e. The number of aromatic nitrogens is 1. The molecule has 2 aliphatic heterocycles. The molecule has 1 aromatic heterocycles. The van der Waals surface area contributed by atoms with Gasteiger partial charge in [-0.2, -0.15) is 10.0 Å². The molecule has 0 unspecified atom stereocenters. The van der Waals surface area contributed by atoms with Crippen molar-refractivity contribution in [1.82, 2.24) is 9.58 Å². The molecule has 0 fully saturated rings. The van der Waals surface area contributed by atoms with Gasteiger partial charge in [-0.3, -0.25) is 10.2 Å². The van der Waals surface area contributed by atoms with E-state index >= 15 is 0 Å². The first-order chi connectivity index (χ1) is 15.4. The van der Waals surface area contributed by atoms with Crippen molar-refractivity contribution in [2.75, 3.05) is 20.0 Å². The summed E-state index contributed by atoms with van der Waals surface area (Å²) in [5.74, 6) is 1.84. The molecule has 0 saturated carbocycles. The van der Waals surface area contributed by atoms with Crippen molar-refractivity contribution in [3.8, 4) is 17.2 Å². The van der Waals surface area contributed by atoms with Crippen molar-refractivity contribution in [2.24, 2.45) is 10.1 Å². The fourth-order valence-corrected chi connectivity index (χ4v) is 5.41. The lowest BCUT2D eigenvalue weighted by atomic mass is 10.1. The first-order valence-electron chi connectivity index (χ1n) is 9.92. The van der Waals surface area contributed by atoms with E-state index in [-0.39, 0.29) is 11.4 Å². The molecule has 1 aromatic carbocycles. The number of carbonyl (C=O) groups is 1. The molecule has 0 saturated heterocycles. The topological polar surface area (TPSA) is 92.3 Å². The van der Waals surface area contributed by atoms with Crippen molar-refractivity contribution >= 4 is 50.9 Å². The second-order valence-electron chi connectivity index (χ2n) is 7.02. The summed E-state index contributed by atoms with van der Waals surface area (Å²) in [4.78, 5) is 16.9. The number of nitrogens with zero attached hydrogens (tertiary/aromatic N) is 4. The number of amides is 1. The number of rotatable bonds is 5. The summed E-state index contributed by atoms with van der Waals surface area (Å²) in [6.45, 7) is 5.98. The molecule has 0 bridgehead atoms. The number of carbonyl (C=O) groups excluding carboxylic acids is 1. The Labute approximate surface area is 194 Å². The van der Waals surface area contributed by atoms with E-state index in [9.17, 15) is 4.79 Å². The number of thioether (sulfide) groups is 2. The molecule has 2 aliphatic rings. The van der Waals surface area contributed by atoms with Crippen LogP contribution in [0.3, 0.4) is 0 Å². The molecular formula is C22H23N5O3S2. The van der Waals surface area contributed by atoms with E-state index < -0.39 is 5.91 Å². The normalized spacial score (nSPS) is 16.9. The predicted molar refractivity (Wildman–Crippen MR) is 131 cm³/mol. The number of hydrazone groups is 1. The average molecular weight is 470 g/mol. The number of benzene rings is 1. The van der Waals surface area contributed by atoms with E-state index in [2.05, 4.69) is 14.7 Å². The first-order valence-corrected chi connectivity index (χ1v) is 11.7. The van der Waals surface area contributed by atoms with Gasteiger partial charge in [-0.1, -0.05) is 18.7 Å². The van der Waals surface area contributed by atoms with Crippen LogP contribution in [0.2, 0.25) is 0 Å². The van der Waals surface area contributed by atoms with Gasteiger partial charge >= 0.3 is 0 Å². The maximum Gasteiger partial charge on any atom is 0.283 e. The molecule has 32 heavy (non-hydrogen) atoms. The minimum atomic E-state index is -0.432. The number of ether oxygens (including phenoxy) is 2. The number of nitrogens with one attached hydrogen (secondary N) is 1. The number of amidine groups is 2. The Morgan fingerprint density at radius 3 is 2.69 bits per heavy atom. The predicted octanol–water partition coefficient (Wildman–Crippen LogP) is 4.44. The summed E-state index contributed by atoms with van der Waals surface area (Å²) in [5.41, 5.74) is 3.78. The van der Waals surface area contributed by atoms with E-state index in [1.165, 1.54) is 16.8 Å². The van der Waals surface area contributed by atoms with Crippen LogP contribution in [0.25, 0.3) is 11.8 Å². The number of aliphatic imine (C=N–C) groups is 1. The van der Waals surface area contributed by atoms with Crippen molar-refractivity contribution in [1.29, 1.82) is 5.41 Å². The third-order valence-electron chi connectivity index (χ3n) is 5.10. The van der Waals surface area contributed by atoms with Gasteiger partial charge in [-0.25, -0.2) is 0 Å². The number of methoxy groups -OCH3 is 2. The highest BCUT2D eigenvalue weighted by molar-refractivity contribution is 8.45. The highest BCUT2D eigenvalue weighted by atomic mass is 32.2. The van der Waals surface area contributed by atoms with E-state index in [0.29, 0.717) is 16.7 Å². The van der Waals surface area contributed by atoms with Crippen LogP contribution in [0, 0.1) is 19.3 Å². The molecule has 0 spiro atoms. The van der Waals surface area contributed by atoms with Gasteiger partial charge in [0.15, 0.2) is 10.2 Å². The van der Waals surface area contributed by atoms with Crippen LogP contribution < -0.4 is 9.47 Å². The van der Waals surface area contributed by atoms with Crippen LogP contribution in [-0.4, -0.2) is 50.8 Å². The third kappa shape index (κ3) is 3.84. The van der Waals surface area contributed by atoms with Crippen molar-refractivity contribution in [3.63, 3.8) is 0 Å². The Morgan fingerprint density at radius 1 is 1.22 bits per heavy atom. The Balaban J connectivity index is 1.74. The van der Waals surface area contributed by atoms with Crippen LogP contribution in [-0.2, 0) is 4.79 Å². The summed E-state index contributed by atoms with van der Waals surface area (Å²) < 4.78 is 13.7. The molecule has 0 radical (unpaired) electrons. The highest BCUT2D eigenvalue weighted by Crippen LogP contribution is 2.34. The lowest BCUT2D eigenvalue weighted by Gasteiger charge is -2.20. The largest absolute Gasteiger partial charge is 0.497 e. The fraction of sp³-hybridized carbons (Fsp3) is 0.273. The molecule has 166 valence electrons. The van der Waals surface area contributed by atoms with Gasteiger partial charge in [0, 0.05) is 17.5 Å². The smallest absolute Gasteiger partial charge is 0.283 e. The molecule has 4 rings (SSSR count). The van der Waals surface area contributed by atoms with Crippen molar-refractivity contribution in [3.05, 3.63) is 46.8 Å². The van der Waals surface area contributed by atoms with Crippen LogP contribution in [0.4, 0.5) is 0 Å². The maximum absolute atomic E-state index is 12.7. The summed E-state index contributed by atoms with van der Waals surface area (Å²) in [6, 6.07) is 7.62. The summed E-state index contributed by atoms with van der Waals surface area (Å²) >= 11 is 2.88. The average Bonchev–Trinajstić information content (AvgIpc) is 3.30. The molecule has 2 aromatic rings. The Morgan fingerprint density at radius 2 is 2.00 bits per heavy atom. The molecule has 8 nitrogen and oxygen atoms in total. The van der Waals surface area contributed by atoms with Gasteiger partial charge in [-0.05, 0) is 61.2 Å². The SMILES string of the molecule is CCSC1=NN2C(=N)/C(=C/c3cc(C)n(-c4ccc(OC)cc4OC)c3C)C(=O)N=C2S1. The van der Waals surface area contributed by atoms with Gasteiger partial charge in [0.05, 0.1) is 25.5 Å². The second-order valence-corrected chi connectivity index (χ2v) is 9.49. The quantitative estimate of drug-likeness (QED) is 0.651. The summed E-state index contributed by atoms with van der Waals surface area (Å²) in [7, 11) is 3.23. The van der Waals surface area contributed by atoms with Gasteiger partial charge in [0.1, 0.15) is 11.5 Å². The Hall–Kier alpha value is -2.98. The minimum absolute atomic E-state index is 0.0334. The molecule has 1 N–H and O–H groups in total. The van der Waals surface area contributed by atoms with Gasteiger partial charge in [0.2, 0.25) is 5.17 Å². The van der Waals surface area contributed by atoms with Crippen molar-refractivity contribution < 1.29 is 14.3 Å². The van der Waals surface area contributed by atoms with Gasteiger partial charge < -0.3 is 14.0 Å². The molecule has 0 atom stereocenters. The monoisotopic (exact) mass is 469 g/mol. The Bertz CT molecular complexity index is 1210. The number of fused-ring (bicyclic) bond motifs is 1. The lowest BCUT2D eigenvalue weighted by molar-refractivity contribution is -0.114. The van der Waals surface area contributed by atoms with Crippen LogP contribution in [0.15, 0.2) is 39.9 Å². The summed E-state index contributed by atoms with van der Waals surface area (Å²) in [6.07, 6.45) is 1.71. The maximum atomic E-state index is 12.7. The Kier molecular flexibility index (Phi) is 6.16. The second kappa shape index (κ2) is 8.87. The molecule has 10 heteroatoms. The standard InChI is InChI=1S/C22H23N5O3S2/c1-6-31-22-25-27-19(23)16(20(28)24-21(27)32-22)10-14-9-12(2)26(13(14)3)17-8-7-15(29-4)11-18(17)30-5/h7-11,23H,6H2,1-5H3/b16-10-,23-19?. The lowest BCUT2D eigenvalue weighted by Crippen LogP contribution is -2.35. The highest BCUT2D eigenvalue weighted by Gasteiger charge is 2.35. The number of hydrogen-bond donors (Lipinski definition) is 1. The van der Waals surface area contributed by atoms with Crippen LogP contribution in [0.1, 0.15) is 23.9 Å². The van der Waals surface area contributed by atoms with E-state index in [1.807, 2.05) is 45.0 Å². The number of aryl methyl sites for hydroxylation is 1. The van der Waals surface area contributed by atoms with E-state index in [4.69, 9.17) is 14.9 Å². The summed E-state index contributed by atoms with van der Waals surface area (Å²) in [5, 5.41) is 14.9. The molecule has 1 amide bonds. The van der Waals surface area contributed by atoms with Crippen LogP contribution in [0.5, 0.6) is 11.5 Å². The van der Waals surface area contributed by atoms with Gasteiger partial charge in [-0.15, -0.1) is 5.10 Å². The first kappa shape index (κ1) is 22.2. The van der Waals surface area contributed by atoms with Crippen LogP contribution >= 0.6 is 23.5 Å². The number of hydrogen-bond acceptors (Lipinski definition) is 7.